The molecule has 230 valence electrons. The molecule has 1 aromatic heterocycles. The van der Waals surface area contributed by atoms with Crippen LogP contribution in [-0.4, -0.2) is 93.6 Å². The smallest absolute Gasteiger partial charge is 0.409 e. The van der Waals surface area contributed by atoms with E-state index in [1.165, 1.54) is 15.4 Å². The molecule has 1 saturated carbocycles. The van der Waals surface area contributed by atoms with E-state index in [1.54, 1.807) is 13.0 Å². The Morgan fingerprint density at radius 2 is 1.61 bits per heavy atom. The highest BCUT2D eigenvalue weighted by Gasteiger charge is 2.39. The van der Waals surface area contributed by atoms with E-state index in [0.717, 1.165) is 12.0 Å². The summed E-state index contributed by atoms with van der Waals surface area (Å²) >= 11 is 0. The molecule has 0 spiro atoms. The molecule has 0 bridgehead atoms. The number of hydrogen-bond donors (Lipinski definition) is 3. The lowest BCUT2D eigenvalue weighted by Gasteiger charge is -2.35. The second-order valence-corrected chi connectivity index (χ2v) is 10.8. The quantitative estimate of drug-likeness (QED) is 0.301. The molecule has 12 heteroatoms. The van der Waals surface area contributed by atoms with Crippen LogP contribution in [0.1, 0.15) is 48.2 Å². The summed E-state index contributed by atoms with van der Waals surface area (Å²) in [5.41, 5.74) is 2.00. The predicted octanol–water partition coefficient (Wildman–Crippen LogP) is 3.38. The molecule has 5 rings (SSSR count). The Labute approximate surface area is 255 Å². The number of piperazine rings is 1. The van der Waals surface area contributed by atoms with Crippen LogP contribution in [-0.2, 0) is 14.3 Å². The summed E-state index contributed by atoms with van der Waals surface area (Å²) in [6, 6.07) is 20.1. The Hall–Kier alpha value is -5.00. The Balaban J connectivity index is 1.33. The summed E-state index contributed by atoms with van der Waals surface area (Å²) in [4.78, 5) is 62.8. The summed E-state index contributed by atoms with van der Waals surface area (Å²) in [5.74, 6) is -0.955. The van der Waals surface area contributed by atoms with Gasteiger partial charge in [0.25, 0.3) is 5.91 Å². The van der Waals surface area contributed by atoms with E-state index >= 15 is 0 Å². The molecule has 44 heavy (non-hydrogen) atoms. The first-order chi connectivity index (χ1) is 21.3. The van der Waals surface area contributed by atoms with Crippen molar-refractivity contribution in [3.8, 4) is 11.4 Å². The van der Waals surface area contributed by atoms with Crippen LogP contribution in [0.5, 0.6) is 0 Å². The van der Waals surface area contributed by atoms with E-state index < -0.39 is 29.9 Å². The largest absolute Gasteiger partial charge is 0.481 e. The van der Waals surface area contributed by atoms with Crippen molar-refractivity contribution in [3.05, 3.63) is 78.0 Å². The van der Waals surface area contributed by atoms with Crippen molar-refractivity contribution in [1.82, 2.24) is 25.1 Å². The van der Waals surface area contributed by atoms with Crippen molar-refractivity contribution in [2.75, 3.05) is 38.1 Å². The van der Waals surface area contributed by atoms with Gasteiger partial charge in [-0.05, 0) is 25.3 Å². The lowest BCUT2D eigenvalue weighted by molar-refractivity contribution is -0.138. The van der Waals surface area contributed by atoms with E-state index in [0.29, 0.717) is 17.6 Å². The summed E-state index contributed by atoms with van der Waals surface area (Å²) in [6.07, 6.45) is 0.0684. The SMILES string of the molecule is CCOC(=O)N1CCN(C(=O)C(CCC(=O)O)NC(=O)c2cc(N[C@@H]3C[C@H]3c3ccccc3)nc(-c3ccccc3)n2)CC1. The number of anilines is 1. The second kappa shape index (κ2) is 14.0. The molecular formula is C32H36N6O6. The molecule has 1 aliphatic heterocycles. The normalized spacial score (nSPS) is 18.2. The third-order valence-corrected chi connectivity index (χ3v) is 7.71. The average molecular weight is 601 g/mol. The van der Waals surface area contributed by atoms with E-state index in [1.807, 2.05) is 48.5 Å². The minimum atomic E-state index is -1.09. The Bertz CT molecular complexity index is 1480. The van der Waals surface area contributed by atoms with Crippen LogP contribution in [0.2, 0.25) is 0 Å². The van der Waals surface area contributed by atoms with Crippen LogP contribution < -0.4 is 10.6 Å². The molecule has 1 saturated heterocycles. The zero-order valence-corrected chi connectivity index (χ0v) is 24.5. The number of nitrogens with one attached hydrogen (secondary N) is 2. The molecule has 3 N–H and O–H groups in total. The van der Waals surface area contributed by atoms with Crippen molar-refractivity contribution in [2.45, 2.75) is 44.2 Å². The minimum absolute atomic E-state index is 0.0542. The number of ether oxygens (including phenoxy) is 1. The maximum atomic E-state index is 13.6. The van der Waals surface area contributed by atoms with Crippen molar-refractivity contribution in [3.63, 3.8) is 0 Å². The number of benzene rings is 2. The number of nitrogens with zero attached hydrogens (tertiary/aromatic N) is 4. The van der Waals surface area contributed by atoms with Gasteiger partial charge in [0.05, 0.1) is 6.61 Å². The predicted molar refractivity (Wildman–Crippen MR) is 162 cm³/mol. The first-order valence-electron chi connectivity index (χ1n) is 14.8. The number of carbonyl (C=O) groups excluding carboxylic acids is 3. The van der Waals surface area contributed by atoms with Gasteiger partial charge in [-0.3, -0.25) is 14.4 Å². The molecule has 0 radical (unpaired) electrons. The summed E-state index contributed by atoms with van der Waals surface area (Å²) in [6.45, 7) is 3.00. The highest BCUT2D eigenvalue weighted by atomic mass is 16.6. The molecule has 2 aliphatic rings. The van der Waals surface area contributed by atoms with Crippen LogP contribution >= 0.6 is 0 Å². The molecule has 1 aliphatic carbocycles. The molecular weight excluding hydrogens is 564 g/mol. The highest BCUT2D eigenvalue weighted by molar-refractivity contribution is 5.97. The number of amides is 3. The molecule has 12 nitrogen and oxygen atoms in total. The third-order valence-electron chi connectivity index (χ3n) is 7.71. The van der Waals surface area contributed by atoms with Crippen molar-refractivity contribution in [2.24, 2.45) is 0 Å². The van der Waals surface area contributed by atoms with Gasteiger partial charge in [-0.2, -0.15) is 0 Å². The fraction of sp³-hybridized carbons (Fsp3) is 0.375. The fourth-order valence-corrected chi connectivity index (χ4v) is 5.27. The van der Waals surface area contributed by atoms with Crippen LogP contribution in [0.25, 0.3) is 11.4 Å². The third kappa shape index (κ3) is 7.68. The zero-order chi connectivity index (χ0) is 31.1. The fourth-order valence-electron chi connectivity index (χ4n) is 5.27. The molecule has 2 heterocycles. The first-order valence-corrected chi connectivity index (χ1v) is 14.8. The Kier molecular flexibility index (Phi) is 9.68. The lowest BCUT2D eigenvalue weighted by atomic mass is 10.1. The zero-order valence-electron chi connectivity index (χ0n) is 24.5. The van der Waals surface area contributed by atoms with Crippen molar-refractivity contribution in [1.29, 1.82) is 0 Å². The number of carboxylic acid groups (broad SMARTS) is 1. The van der Waals surface area contributed by atoms with Gasteiger partial charge >= 0.3 is 12.1 Å². The molecule has 3 aromatic rings. The molecule has 3 amide bonds. The minimum Gasteiger partial charge on any atom is -0.481 e. The van der Waals surface area contributed by atoms with Gasteiger partial charge in [-0.1, -0.05) is 60.7 Å². The van der Waals surface area contributed by atoms with Gasteiger partial charge in [0.2, 0.25) is 5.91 Å². The molecule has 2 fully saturated rings. The maximum absolute atomic E-state index is 13.6. The van der Waals surface area contributed by atoms with Crippen LogP contribution in [0.15, 0.2) is 66.7 Å². The number of carboxylic acids is 1. The first kappa shape index (κ1) is 30.5. The summed E-state index contributed by atoms with van der Waals surface area (Å²) < 4.78 is 5.04. The van der Waals surface area contributed by atoms with Gasteiger partial charge in [0, 0.05) is 56.2 Å². The van der Waals surface area contributed by atoms with E-state index in [9.17, 15) is 24.3 Å². The Morgan fingerprint density at radius 3 is 2.27 bits per heavy atom. The summed E-state index contributed by atoms with van der Waals surface area (Å²) in [7, 11) is 0. The van der Waals surface area contributed by atoms with Gasteiger partial charge in [-0.25, -0.2) is 14.8 Å². The van der Waals surface area contributed by atoms with E-state index in [-0.39, 0.29) is 57.4 Å². The van der Waals surface area contributed by atoms with Crippen molar-refractivity contribution < 1.29 is 29.0 Å². The molecule has 3 atom stereocenters. The molecule has 1 unspecified atom stereocenters. The number of aromatic nitrogens is 2. The Morgan fingerprint density at radius 1 is 0.955 bits per heavy atom. The van der Waals surface area contributed by atoms with Gasteiger partial charge < -0.3 is 30.3 Å². The van der Waals surface area contributed by atoms with E-state index in [2.05, 4.69) is 32.7 Å². The summed E-state index contributed by atoms with van der Waals surface area (Å²) in [5, 5.41) is 15.5. The molecule has 2 aromatic carbocycles. The van der Waals surface area contributed by atoms with Gasteiger partial charge in [0.1, 0.15) is 17.6 Å². The van der Waals surface area contributed by atoms with Crippen molar-refractivity contribution >= 4 is 29.7 Å². The standard InChI is InChI=1S/C32H36N6O6/c1-2-44-32(43)38-17-15-37(16-18-38)31(42)24(13-14-28(39)40)35-30(41)26-20-27(36-29(34-26)22-11-7-4-8-12-22)33-25-19-23(25)21-9-5-3-6-10-21/h3-12,20,23-25H,2,13-19H2,1H3,(H,35,41)(H,39,40)(H,33,34,36)/t23-,24?,25+/m0/s1. The monoisotopic (exact) mass is 600 g/mol. The number of hydrogen-bond acceptors (Lipinski definition) is 8. The van der Waals surface area contributed by atoms with E-state index in [4.69, 9.17) is 4.74 Å². The van der Waals surface area contributed by atoms with Crippen LogP contribution in [0.3, 0.4) is 0 Å². The van der Waals surface area contributed by atoms with Crippen LogP contribution in [0, 0.1) is 0 Å². The average Bonchev–Trinajstić information content (AvgIpc) is 3.82. The van der Waals surface area contributed by atoms with Gasteiger partial charge in [-0.15, -0.1) is 0 Å². The highest BCUT2D eigenvalue weighted by Crippen LogP contribution is 2.42. The van der Waals surface area contributed by atoms with Crippen LogP contribution in [0.4, 0.5) is 10.6 Å². The number of aliphatic carboxylic acids is 1. The number of rotatable bonds is 11. The lowest BCUT2D eigenvalue weighted by Crippen LogP contribution is -2.56. The van der Waals surface area contributed by atoms with Gasteiger partial charge in [0.15, 0.2) is 5.82 Å². The maximum Gasteiger partial charge on any atom is 0.409 e. The second-order valence-electron chi connectivity index (χ2n) is 10.8. The topological polar surface area (TPSA) is 154 Å². The number of carbonyl (C=O) groups is 4.